The van der Waals surface area contributed by atoms with Crippen LogP contribution in [0.4, 0.5) is 0 Å². The minimum atomic E-state index is 0.0258. The molecule has 0 saturated heterocycles. The van der Waals surface area contributed by atoms with Crippen LogP contribution in [0.25, 0.3) is 0 Å². The first-order valence-corrected chi connectivity index (χ1v) is 7.24. The van der Waals surface area contributed by atoms with Gasteiger partial charge in [0.2, 0.25) is 0 Å². The van der Waals surface area contributed by atoms with E-state index in [1.54, 1.807) is 4.68 Å². The summed E-state index contributed by atoms with van der Waals surface area (Å²) in [5, 5.41) is 14.6. The third-order valence-electron chi connectivity index (χ3n) is 3.26. The van der Waals surface area contributed by atoms with Crippen molar-refractivity contribution in [2.45, 2.75) is 19.3 Å². The summed E-state index contributed by atoms with van der Waals surface area (Å²) in [6.45, 7) is 2.03. The van der Waals surface area contributed by atoms with Crippen molar-refractivity contribution in [3.8, 4) is 0 Å². The molecule has 0 radical (unpaired) electrons. The van der Waals surface area contributed by atoms with Crippen LogP contribution in [0, 0.1) is 6.92 Å². The van der Waals surface area contributed by atoms with Gasteiger partial charge in [0.25, 0.3) is 0 Å². The van der Waals surface area contributed by atoms with Crippen LogP contribution in [0.3, 0.4) is 0 Å². The van der Waals surface area contributed by atoms with Crippen molar-refractivity contribution in [2.24, 2.45) is 7.05 Å². The summed E-state index contributed by atoms with van der Waals surface area (Å²) < 4.78 is 2.68. The number of nitrogens with zero attached hydrogens (tertiary/aromatic N) is 2. The molecule has 0 fully saturated rings. The number of halogens is 2. The second-order valence-corrected chi connectivity index (χ2v) is 5.89. The number of rotatable bonds is 4. The van der Waals surface area contributed by atoms with Crippen molar-refractivity contribution in [2.75, 3.05) is 6.61 Å². The van der Waals surface area contributed by atoms with Crippen LogP contribution in [0.5, 0.6) is 0 Å². The zero-order valence-electron chi connectivity index (χ0n) is 10.9. The third-order valence-corrected chi connectivity index (χ3v) is 4.23. The summed E-state index contributed by atoms with van der Waals surface area (Å²) in [6, 6.07) is 7.99. The normalized spacial score (nSPS) is 12.7. The van der Waals surface area contributed by atoms with Crippen molar-refractivity contribution in [3.05, 3.63) is 50.7 Å². The highest BCUT2D eigenvalue weighted by Crippen LogP contribution is 2.28. The van der Waals surface area contributed by atoms with Gasteiger partial charge in [0.15, 0.2) is 0 Å². The molecule has 1 N–H and O–H groups in total. The maximum atomic E-state index is 9.63. The van der Waals surface area contributed by atoms with Gasteiger partial charge in [-0.05, 0) is 31.0 Å². The minimum absolute atomic E-state index is 0.0258. The molecule has 5 heteroatoms. The molecule has 0 spiro atoms. The molecule has 1 aromatic carbocycles. The first-order chi connectivity index (χ1) is 9.02. The standard InChI is InChI=1S/C14H16BrClN2O/c1-9-13(14(16)18(2)17-9)7-11(8-19)10-4-3-5-12(15)6-10/h3-6,11,19H,7-8H2,1-2H3. The predicted octanol–water partition coefficient (Wildman–Crippen LogP) is 3.46. The van der Waals surface area contributed by atoms with Gasteiger partial charge in [-0.15, -0.1) is 0 Å². The maximum absolute atomic E-state index is 9.63. The molecule has 2 aromatic rings. The monoisotopic (exact) mass is 342 g/mol. The van der Waals surface area contributed by atoms with Crippen molar-refractivity contribution >= 4 is 27.5 Å². The lowest BCUT2D eigenvalue weighted by Crippen LogP contribution is -2.08. The zero-order chi connectivity index (χ0) is 14.0. The summed E-state index contributed by atoms with van der Waals surface area (Å²) >= 11 is 9.70. The number of benzene rings is 1. The second-order valence-electron chi connectivity index (χ2n) is 4.62. The van der Waals surface area contributed by atoms with Gasteiger partial charge in [-0.25, -0.2) is 0 Å². The Morgan fingerprint density at radius 1 is 1.47 bits per heavy atom. The van der Waals surface area contributed by atoms with Gasteiger partial charge in [0.1, 0.15) is 5.15 Å². The third kappa shape index (κ3) is 3.19. The van der Waals surface area contributed by atoms with E-state index < -0.39 is 0 Å². The molecular formula is C14H16BrClN2O. The first kappa shape index (κ1) is 14.6. The lowest BCUT2D eigenvalue weighted by Gasteiger charge is -2.15. The number of aliphatic hydroxyl groups is 1. The van der Waals surface area contributed by atoms with Crippen molar-refractivity contribution < 1.29 is 5.11 Å². The highest BCUT2D eigenvalue weighted by atomic mass is 79.9. The molecule has 1 aromatic heterocycles. The lowest BCUT2D eigenvalue weighted by molar-refractivity contribution is 0.264. The van der Waals surface area contributed by atoms with E-state index in [1.807, 2.05) is 38.2 Å². The number of aliphatic hydroxyl groups excluding tert-OH is 1. The van der Waals surface area contributed by atoms with E-state index in [0.29, 0.717) is 11.6 Å². The molecule has 1 heterocycles. The van der Waals surface area contributed by atoms with Gasteiger partial charge in [-0.2, -0.15) is 5.10 Å². The van der Waals surface area contributed by atoms with Crippen molar-refractivity contribution in [1.29, 1.82) is 0 Å². The summed E-state index contributed by atoms with van der Waals surface area (Å²) in [5.41, 5.74) is 3.01. The van der Waals surface area contributed by atoms with Crippen LogP contribution in [0.1, 0.15) is 22.7 Å². The van der Waals surface area contributed by atoms with Gasteiger partial charge in [0, 0.05) is 23.0 Å². The molecule has 3 nitrogen and oxygen atoms in total. The Balaban J connectivity index is 2.29. The smallest absolute Gasteiger partial charge is 0.130 e. The molecule has 102 valence electrons. The van der Waals surface area contributed by atoms with Crippen molar-refractivity contribution in [1.82, 2.24) is 9.78 Å². The molecule has 19 heavy (non-hydrogen) atoms. The maximum Gasteiger partial charge on any atom is 0.130 e. The molecule has 0 aliphatic carbocycles. The van der Waals surface area contributed by atoms with Gasteiger partial charge >= 0.3 is 0 Å². The largest absolute Gasteiger partial charge is 0.396 e. The van der Waals surface area contributed by atoms with Crippen LogP contribution in [-0.4, -0.2) is 21.5 Å². The number of hydrogen-bond donors (Lipinski definition) is 1. The van der Waals surface area contributed by atoms with Gasteiger partial charge in [0.05, 0.1) is 12.3 Å². The van der Waals surface area contributed by atoms with Gasteiger partial charge in [-0.3, -0.25) is 4.68 Å². The summed E-state index contributed by atoms with van der Waals surface area (Å²) in [7, 11) is 1.83. The molecule has 0 aliphatic rings. The average molecular weight is 344 g/mol. The Hall–Kier alpha value is -0.840. The molecule has 0 aliphatic heterocycles. The van der Waals surface area contributed by atoms with E-state index >= 15 is 0 Å². The Labute approximate surface area is 126 Å². The summed E-state index contributed by atoms with van der Waals surface area (Å²) in [4.78, 5) is 0. The fourth-order valence-electron chi connectivity index (χ4n) is 2.20. The van der Waals surface area contributed by atoms with E-state index in [9.17, 15) is 5.11 Å². The van der Waals surface area contributed by atoms with E-state index in [-0.39, 0.29) is 12.5 Å². The predicted molar refractivity (Wildman–Crippen MR) is 80.6 cm³/mol. The molecule has 0 amide bonds. The van der Waals surface area contributed by atoms with Gasteiger partial charge in [-0.1, -0.05) is 39.7 Å². The average Bonchev–Trinajstić information content (AvgIpc) is 2.61. The SMILES string of the molecule is Cc1nn(C)c(Cl)c1CC(CO)c1cccc(Br)c1. The Morgan fingerprint density at radius 3 is 2.74 bits per heavy atom. The van der Waals surface area contributed by atoms with Crippen LogP contribution >= 0.6 is 27.5 Å². The minimum Gasteiger partial charge on any atom is -0.396 e. The number of aryl methyl sites for hydroxylation is 2. The highest BCUT2D eigenvalue weighted by molar-refractivity contribution is 9.10. The van der Waals surface area contributed by atoms with Crippen LogP contribution in [0.15, 0.2) is 28.7 Å². The van der Waals surface area contributed by atoms with Crippen LogP contribution < -0.4 is 0 Å². The highest BCUT2D eigenvalue weighted by Gasteiger charge is 2.18. The van der Waals surface area contributed by atoms with E-state index in [0.717, 1.165) is 21.3 Å². The fraction of sp³-hybridized carbons (Fsp3) is 0.357. The summed E-state index contributed by atoms with van der Waals surface area (Å²) in [5.74, 6) is 0.0258. The van der Waals surface area contributed by atoms with E-state index in [4.69, 9.17) is 11.6 Å². The zero-order valence-corrected chi connectivity index (χ0v) is 13.2. The Morgan fingerprint density at radius 2 is 2.21 bits per heavy atom. The quantitative estimate of drug-likeness (QED) is 0.923. The topological polar surface area (TPSA) is 38.0 Å². The van der Waals surface area contributed by atoms with Crippen LogP contribution in [0.2, 0.25) is 5.15 Å². The molecule has 1 unspecified atom stereocenters. The fourth-order valence-corrected chi connectivity index (χ4v) is 2.87. The molecular weight excluding hydrogens is 328 g/mol. The molecule has 0 bridgehead atoms. The molecule has 2 rings (SSSR count). The second kappa shape index (κ2) is 6.07. The first-order valence-electron chi connectivity index (χ1n) is 6.07. The lowest BCUT2D eigenvalue weighted by atomic mass is 9.93. The van der Waals surface area contributed by atoms with Gasteiger partial charge < -0.3 is 5.11 Å². The molecule has 0 saturated carbocycles. The summed E-state index contributed by atoms with van der Waals surface area (Å²) in [6.07, 6.45) is 0.686. The number of aromatic nitrogens is 2. The number of hydrogen-bond acceptors (Lipinski definition) is 2. The molecule has 1 atom stereocenters. The van der Waals surface area contributed by atoms with Crippen LogP contribution in [-0.2, 0) is 13.5 Å². The van der Waals surface area contributed by atoms with Crippen molar-refractivity contribution in [3.63, 3.8) is 0 Å². The van der Waals surface area contributed by atoms with E-state index in [2.05, 4.69) is 21.0 Å². The van der Waals surface area contributed by atoms with E-state index in [1.165, 1.54) is 0 Å². The Bertz CT molecular complexity index is 583. The Kier molecular flexibility index (Phi) is 4.66.